The summed E-state index contributed by atoms with van der Waals surface area (Å²) < 4.78 is 7.61. The van der Waals surface area contributed by atoms with Gasteiger partial charge < -0.3 is 14.7 Å². The molecule has 0 unspecified atom stereocenters. The van der Waals surface area contributed by atoms with Gasteiger partial charge in [-0.05, 0) is 45.4 Å². The van der Waals surface area contributed by atoms with E-state index in [-0.39, 0.29) is 23.1 Å². The number of carbonyl (C=O) groups excluding carboxylic acids is 1. The van der Waals surface area contributed by atoms with Crippen molar-refractivity contribution in [1.29, 1.82) is 0 Å². The molecule has 0 aromatic carbocycles. The van der Waals surface area contributed by atoms with Crippen LogP contribution in [0.25, 0.3) is 0 Å². The number of ether oxygens (including phenoxy) is 1. The molecular formula is C19H27N3O4. The van der Waals surface area contributed by atoms with Crippen LogP contribution in [-0.2, 0) is 29.0 Å². The van der Waals surface area contributed by atoms with Crippen LogP contribution in [-0.4, -0.2) is 50.4 Å². The average molecular weight is 361 g/mol. The predicted octanol–water partition coefficient (Wildman–Crippen LogP) is 2.08. The number of aromatic nitrogens is 2. The van der Waals surface area contributed by atoms with Crippen molar-refractivity contribution < 1.29 is 19.4 Å². The minimum Gasteiger partial charge on any atom is -0.476 e. The van der Waals surface area contributed by atoms with Gasteiger partial charge in [0.1, 0.15) is 0 Å². The summed E-state index contributed by atoms with van der Waals surface area (Å²) >= 11 is 0. The molecule has 7 heteroatoms. The van der Waals surface area contributed by atoms with Gasteiger partial charge in [0, 0.05) is 49.8 Å². The maximum absolute atomic E-state index is 13.0. The molecule has 1 aromatic rings. The topological polar surface area (TPSA) is 84.7 Å². The predicted molar refractivity (Wildman–Crippen MR) is 93.8 cm³/mol. The van der Waals surface area contributed by atoms with Crippen LogP contribution < -0.4 is 0 Å². The fourth-order valence-corrected chi connectivity index (χ4v) is 4.25. The molecule has 1 amide bonds. The van der Waals surface area contributed by atoms with Crippen molar-refractivity contribution in [2.75, 3.05) is 13.2 Å². The number of carboxylic acid groups (broad SMARTS) is 1. The van der Waals surface area contributed by atoms with Gasteiger partial charge in [-0.2, -0.15) is 5.10 Å². The van der Waals surface area contributed by atoms with Gasteiger partial charge >= 0.3 is 5.97 Å². The van der Waals surface area contributed by atoms with Crippen LogP contribution in [0.1, 0.15) is 61.3 Å². The van der Waals surface area contributed by atoms with E-state index in [1.54, 1.807) is 0 Å². The molecule has 1 N–H and O–H groups in total. The maximum Gasteiger partial charge on any atom is 0.356 e. The first kappa shape index (κ1) is 17.5. The zero-order chi connectivity index (χ0) is 18.5. The Hall–Kier alpha value is -1.89. The molecule has 2 fully saturated rings. The highest BCUT2D eigenvalue weighted by Gasteiger charge is 2.38. The van der Waals surface area contributed by atoms with Crippen molar-refractivity contribution in [2.24, 2.45) is 11.8 Å². The molecule has 3 heterocycles. The van der Waals surface area contributed by atoms with E-state index in [4.69, 9.17) is 4.74 Å². The highest BCUT2D eigenvalue weighted by atomic mass is 16.5. The normalized spacial score (nSPS) is 25.0. The standard InChI is InChI=1S/C19H27N3O4/c1-19(2)9-13(6-8-26-19)17(23)21-7-5-15-14(11-21)16(18(24)25)20-22(15)10-12-3-4-12/h12-13H,3-11H2,1-2H3,(H,24,25)/t13-/m1/s1. The Labute approximate surface area is 153 Å². The van der Waals surface area contributed by atoms with Crippen LogP contribution in [0.4, 0.5) is 0 Å². The second kappa shape index (κ2) is 6.37. The highest BCUT2D eigenvalue weighted by molar-refractivity contribution is 5.88. The van der Waals surface area contributed by atoms with Gasteiger partial charge in [-0.25, -0.2) is 4.79 Å². The molecule has 1 saturated carbocycles. The number of fused-ring (bicyclic) bond motifs is 1. The third kappa shape index (κ3) is 3.37. The van der Waals surface area contributed by atoms with Gasteiger partial charge in [0.05, 0.1) is 5.60 Å². The van der Waals surface area contributed by atoms with E-state index in [9.17, 15) is 14.7 Å². The second-order valence-corrected chi connectivity index (χ2v) is 8.51. The van der Waals surface area contributed by atoms with Crippen LogP contribution in [0.5, 0.6) is 0 Å². The fraction of sp³-hybridized carbons (Fsp3) is 0.737. The molecule has 1 aromatic heterocycles. The molecule has 4 rings (SSSR count). The average Bonchev–Trinajstić information content (AvgIpc) is 3.33. The molecule has 0 spiro atoms. The summed E-state index contributed by atoms with van der Waals surface area (Å²) in [4.78, 5) is 26.5. The molecule has 3 aliphatic rings. The Kier molecular flexibility index (Phi) is 4.29. The van der Waals surface area contributed by atoms with Gasteiger partial charge in [-0.3, -0.25) is 9.48 Å². The lowest BCUT2D eigenvalue weighted by Gasteiger charge is -2.38. The fourth-order valence-electron chi connectivity index (χ4n) is 4.25. The van der Waals surface area contributed by atoms with E-state index in [2.05, 4.69) is 5.10 Å². The van der Waals surface area contributed by atoms with E-state index in [1.165, 1.54) is 12.8 Å². The van der Waals surface area contributed by atoms with Crippen molar-refractivity contribution >= 4 is 11.9 Å². The smallest absolute Gasteiger partial charge is 0.356 e. The van der Waals surface area contributed by atoms with Crippen LogP contribution >= 0.6 is 0 Å². The molecule has 0 radical (unpaired) electrons. The molecular weight excluding hydrogens is 334 g/mol. The molecule has 1 atom stereocenters. The first-order chi connectivity index (χ1) is 12.3. The van der Waals surface area contributed by atoms with Crippen LogP contribution in [0, 0.1) is 11.8 Å². The Bertz CT molecular complexity index is 735. The minimum atomic E-state index is -1.00. The van der Waals surface area contributed by atoms with Crippen molar-refractivity contribution in [3.63, 3.8) is 0 Å². The molecule has 0 bridgehead atoms. The van der Waals surface area contributed by atoms with Gasteiger partial charge in [-0.1, -0.05) is 0 Å². The van der Waals surface area contributed by atoms with E-state index in [0.29, 0.717) is 38.5 Å². The number of hydrogen-bond donors (Lipinski definition) is 1. The van der Waals surface area contributed by atoms with Gasteiger partial charge in [0.2, 0.25) is 5.91 Å². The van der Waals surface area contributed by atoms with E-state index in [0.717, 1.165) is 24.2 Å². The Morgan fingerprint density at radius 3 is 2.73 bits per heavy atom. The van der Waals surface area contributed by atoms with Gasteiger partial charge in [-0.15, -0.1) is 0 Å². The first-order valence-corrected chi connectivity index (χ1v) is 9.58. The largest absolute Gasteiger partial charge is 0.476 e. The van der Waals surface area contributed by atoms with Gasteiger partial charge in [0.15, 0.2) is 5.69 Å². The Morgan fingerprint density at radius 2 is 2.08 bits per heavy atom. The number of hydrogen-bond acceptors (Lipinski definition) is 4. The summed E-state index contributed by atoms with van der Waals surface area (Å²) in [7, 11) is 0. The SMILES string of the molecule is CC1(C)C[C@H](C(=O)N2CCc3c(c(C(=O)O)nn3CC3CC3)C2)CCO1. The number of nitrogens with zero attached hydrogens (tertiary/aromatic N) is 3. The lowest BCUT2D eigenvalue weighted by atomic mass is 9.87. The molecule has 1 aliphatic carbocycles. The summed E-state index contributed by atoms with van der Waals surface area (Å²) in [5.74, 6) is -0.296. The molecule has 142 valence electrons. The second-order valence-electron chi connectivity index (χ2n) is 8.51. The lowest BCUT2D eigenvalue weighted by Crippen LogP contribution is -2.45. The first-order valence-electron chi connectivity index (χ1n) is 9.58. The molecule has 1 saturated heterocycles. The van der Waals surface area contributed by atoms with E-state index >= 15 is 0 Å². The highest BCUT2D eigenvalue weighted by Crippen LogP contribution is 2.34. The number of carbonyl (C=O) groups is 2. The number of amides is 1. The summed E-state index contributed by atoms with van der Waals surface area (Å²) in [5, 5.41) is 13.9. The van der Waals surface area contributed by atoms with Crippen molar-refractivity contribution in [1.82, 2.24) is 14.7 Å². The zero-order valence-corrected chi connectivity index (χ0v) is 15.5. The third-order valence-corrected chi connectivity index (χ3v) is 5.82. The zero-order valence-electron chi connectivity index (χ0n) is 15.5. The monoisotopic (exact) mass is 361 g/mol. The lowest BCUT2D eigenvalue weighted by molar-refractivity contribution is -0.146. The number of carboxylic acids is 1. The number of rotatable bonds is 4. The van der Waals surface area contributed by atoms with Crippen LogP contribution in [0.3, 0.4) is 0 Å². The van der Waals surface area contributed by atoms with Crippen LogP contribution in [0.2, 0.25) is 0 Å². The minimum absolute atomic E-state index is 0.0462. The van der Waals surface area contributed by atoms with E-state index in [1.807, 2.05) is 23.4 Å². The maximum atomic E-state index is 13.0. The molecule has 7 nitrogen and oxygen atoms in total. The van der Waals surface area contributed by atoms with Gasteiger partial charge in [0.25, 0.3) is 0 Å². The Balaban J connectivity index is 1.54. The van der Waals surface area contributed by atoms with E-state index < -0.39 is 5.97 Å². The summed E-state index contributed by atoms with van der Waals surface area (Å²) in [6.45, 7) is 6.44. The molecule has 2 aliphatic heterocycles. The summed E-state index contributed by atoms with van der Waals surface area (Å²) in [5.41, 5.74) is 1.57. The summed E-state index contributed by atoms with van der Waals surface area (Å²) in [6.07, 6.45) is 4.52. The quantitative estimate of drug-likeness (QED) is 0.887. The van der Waals surface area contributed by atoms with Crippen molar-refractivity contribution in [2.45, 2.75) is 64.6 Å². The molecule has 26 heavy (non-hydrogen) atoms. The summed E-state index contributed by atoms with van der Waals surface area (Å²) in [6, 6.07) is 0. The van der Waals surface area contributed by atoms with Crippen LogP contribution in [0.15, 0.2) is 0 Å². The Morgan fingerprint density at radius 1 is 1.31 bits per heavy atom. The van der Waals surface area contributed by atoms with Crippen molar-refractivity contribution in [3.05, 3.63) is 17.0 Å². The third-order valence-electron chi connectivity index (χ3n) is 5.82. The number of aromatic carboxylic acids is 1. The van der Waals surface area contributed by atoms with Crippen molar-refractivity contribution in [3.8, 4) is 0 Å².